The van der Waals surface area contributed by atoms with Gasteiger partial charge in [0, 0.05) is 4.48 Å². The summed E-state index contributed by atoms with van der Waals surface area (Å²) in [7, 11) is 0. The van der Waals surface area contributed by atoms with Crippen molar-refractivity contribution >= 4 is 15.9 Å². The van der Waals surface area contributed by atoms with E-state index in [1.807, 2.05) is 18.2 Å². The molecule has 0 radical (unpaired) electrons. The molecule has 0 aliphatic rings. The molecule has 0 rings (SSSR count). The monoisotopic (exact) mass is 186 g/mol. The van der Waals surface area contributed by atoms with E-state index < -0.39 is 0 Å². The lowest BCUT2D eigenvalue weighted by atomic mass is 10.2. The van der Waals surface area contributed by atoms with Crippen LogP contribution in [0.15, 0.2) is 35.9 Å². The number of allylic oxidation sites excluding steroid dienone is 4. The van der Waals surface area contributed by atoms with Crippen molar-refractivity contribution in [2.45, 2.75) is 6.92 Å². The molecule has 0 saturated heterocycles. The first-order valence-corrected chi connectivity index (χ1v) is 3.61. The minimum Gasteiger partial charge on any atom is -0.102 e. The third-order valence-electron chi connectivity index (χ3n) is 0.952. The first-order valence-electron chi connectivity index (χ1n) is 2.82. The minimum absolute atomic E-state index is 0.430. The Morgan fingerprint density at radius 3 is 2.56 bits per heavy atom. The van der Waals surface area contributed by atoms with E-state index in [-0.39, 0.29) is 0 Å². The average molecular weight is 187 g/mol. The second-order valence-electron chi connectivity index (χ2n) is 1.90. The zero-order valence-electron chi connectivity index (χ0n) is 5.60. The van der Waals surface area contributed by atoms with Crippen molar-refractivity contribution < 1.29 is 0 Å². The second-order valence-corrected chi connectivity index (χ2v) is 2.92. The predicted octanol–water partition coefficient (Wildman–Crippen LogP) is 3.27. The van der Waals surface area contributed by atoms with Gasteiger partial charge in [0.2, 0.25) is 0 Å². The second kappa shape index (κ2) is 4.57. The summed E-state index contributed by atoms with van der Waals surface area (Å²) in [5.41, 5.74) is 0. The van der Waals surface area contributed by atoms with Gasteiger partial charge < -0.3 is 0 Å². The summed E-state index contributed by atoms with van der Waals surface area (Å²) in [5, 5.41) is 0. The van der Waals surface area contributed by atoms with Gasteiger partial charge in [0.1, 0.15) is 0 Å². The molecule has 0 nitrogen and oxygen atoms in total. The van der Waals surface area contributed by atoms with Crippen LogP contribution in [0.5, 0.6) is 0 Å². The van der Waals surface area contributed by atoms with E-state index in [4.69, 9.17) is 0 Å². The summed E-state index contributed by atoms with van der Waals surface area (Å²) < 4.78 is 0.899. The molecule has 0 saturated carbocycles. The van der Waals surface area contributed by atoms with E-state index in [2.05, 4.69) is 36.0 Å². The Balaban J connectivity index is 3.69. The maximum absolute atomic E-state index is 3.66. The number of hydrogen-bond donors (Lipinski definition) is 0. The van der Waals surface area contributed by atoms with Gasteiger partial charge in [-0.3, -0.25) is 0 Å². The van der Waals surface area contributed by atoms with E-state index >= 15 is 0 Å². The molecular formula is C8H11Br. The van der Waals surface area contributed by atoms with Crippen LogP contribution in [0.3, 0.4) is 0 Å². The zero-order valence-corrected chi connectivity index (χ0v) is 7.19. The lowest BCUT2D eigenvalue weighted by Crippen LogP contribution is -1.78. The molecule has 0 aromatic heterocycles. The van der Waals surface area contributed by atoms with E-state index in [1.165, 1.54) is 0 Å². The molecule has 0 aliphatic heterocycles. The average Bonchev–Trinajstić information content (AvgIpc) is 1.83. The molecule has 0 aliphatic carbocycles. The van der Waals surface area contributed by atoms with Gasteiger partial charge in [-0.25, -0.2) is 0 Å². The molecule has 0 heterocycles. The highest BCUT2D eigenvalue weighted by Gasteiger charge is 1.85. The molecule has 1 heteroatoms. The van der Waals surface area contributed by atoms with Gasteiger partial charge in [-0.1, -0.05) is 47.7 Å². The van der Waals surface area contributed by atoms with E-state index in [9.17, 15) is 0 Å². The Hall–Kier alpha value is -0.300. The SMILES string of the molecule is C=CC(C)/C=C\C(=C)Br. The Kier molecular flexibility index (Phi) is 4.41. The predicted molar refractivity (Wildman–Crippen MR) is 46.6 cm³/mol. The van der Waals surface area contributed by atoms with Gasteiger partial charge in [-0.2, -0.15) is 0 Å². The van der Waals surface area contributed by atoms with E-state index in [1.54, 1.807) is 0 Å². The van der Waals surface area contributed by atoms with Crippen LogP contribution in [0, 0.1) is 5.92 Å². The van der Waals surface area contributed by atoms with Crippen molar-refractivity contribution in [2.75, 3.05) is 0 Å². The lowest BCUT2D eigenvalue weighted by Gasteiger charge is -1.92. The number of rotatable bonds is 3. The number of hydrogen-bond acceptors (Lipinski definition) is 0. The zero-order chi connectivity index (χ0) is 7.28. The van der Waals surface area contributed by atoms with Crippen LogP contribution in [-0.2, 0) is 0 Å². The molecule has 0 N–H and O–H groups in total. The van der Waals surface area contributed by atoms with Gasteiger partial charge >= 0.3 is 0 Å². The van der Waals surface area contributed by atoms with E-state index in [0.717, 1.165) is 4.48 Å². The molecule has 0 spiro atoms. The summed E-state index contributed by atoms with van der Waals surface area (Å²) in [5.74, 6) is 0.430. The summed E-state index contributed by atoms with van der Waals surface area (Å²) in [6.07, 6.45) is 5.84. The highest BCUT2D eigenvalue weighted by molar-refractivity contribution is 9.11. The van der Waals surface area contributed by atoms with Gasteiger partial charge in [-0.15, -0.1) is 6.58 Å². The van der Waals surface area contributed by atoms with Crippen molar-refractivity contribution in [1.29, 1.82) is 0 Å². The van der Waals surface area contributed by atoms with Crippen LogP contribution >= 0.6 is 15.9 Å². The van der Waals surface area contributed by atoms with Gasteiger partial charge in [0.15, 0.2) is 0 Å². The molecule has 9 heavy (non-hydrogen) atoms. The Morgan fingerprint density at radius 2 is 2.22 bits per heavy atom. The fraction of sp³-hybridized carbons (Fsp3) is 0.250. The fourth-order valence-corrected chi connectivity index (χ4v) is 0.487. The third-order valence-corrected chi connectivity index (χ3v) is 1.22. The molecule has 0 bridgehead atoms. The summed E-state index contributed by atoms with van der Waals surface area (Å²) >= 11 is 3.22. The summed E-state index contributed by atoms with van der Waals surface area (Å²) in [6, 6.07) is 0. The highest BCUT2D eigenvalue weighted by Crippen LogP contribution is 2.05. The van der Waals surface area contributed by atoms with Crippen LogP contribution < -0.4 is 0 Å². The van der Waals surface area contributed by atoms with Crippen LogP contribution in [0.25, 0.3) is 0 Å². The van der Waals surface area contributed by atoms with Crippen LogP contribution in [0.4, 0.5) is 0 Å². The minimum atomic E-state index is 0.430. The van der Waals surface area contributed by atoms with Crippen molar-refractivity contribution in [3.05, 3.63) is 35.9 Å². The quantitative estimate of drug-likeness (QED) is 0.469. The van der Waals surface area contributed by atoms with Crippen LogP contribution in [0.2, 0.25) is 0 Å². The summed E-state index contributed by atoms with van der Waals surface area (Å²) in [4.78, 5) is 0. The van der Waals surface area contributed by atoms with Crippen LogP contribution in [0.1, 0.15) is 6.92 Å². The smallest absolute Gasteiger partial charge is 0.00999 e. The van der Waals surface area contributed by atoms with Gasteiger partial charge in [0.05, 0.1) is 0 Å². The molecule has 1 unspecified atom stereocenters. The maximum atomic E-state index is 3.66. The molecule has 50 valence electrons. The standard InChI is InChI=1S/C8H11Br/c1-4-7(2)5-6-8(3)9/h4-7H,1,3H2,2H3/b6-5-. The Labute approximate surface area is 65.1 Å². The largest absolute Gasteiger partial charge is 0.102 e. The van der Waals surface area contributed by atoms with E-state index in [0.29, 0.717) is 5.92 Å². The molecule has 0 fully saturated rings. The first-order chi connectivity index (χ1) is 4.16. The molecule has 1 atom stereocenters. The van der Waals surface area contributed by atoms with Gasteiger partial charge in [0.25, 0.3) is 0 Å². The Bertz CT molecular complexity index is 134. The highest BCUT2D eigenvalue weighted by atomic mass is 79.9. The topological polar surface area (TPSA) is 0 Å². The maximum Gasteiger partial charge on any atom is 0.00999 e. The van der Waals surface area contributed by atoms with Crippen molar-refractivity contribution in [3.8, 4) is 0 Å². The third kappa shape index (κ3) is 5.57. The molecule has 0 aromatic carbocycles. The first kappa shape index (κ1) is 8.70. The van der Waals surface area contributed by atoms with Crippen molar-refractivity contribution in [1.82, 2.24) is 0 Å². The molecule has 0 aromatic rings. The van der Waals surface area contributed by atoms with Crippen molar-refractivity contribution in [3.63, 3.8) is 0 Å². The number of halogens is 1. The van der Waals surface area contributed by atoms with Crippen LogP contribution in [-0.4, -0.2) is 0 Å². The lowest BCUT2D eigenvalue weighted by molar-refractivity contribution is 0.944. The van der Waals surface area contributed by atoms with Gasteiger partial charge in [-0.05, 0) is 5.92 Å². The fourth-order valence-electron chi connectivity index (χ4n) is 0.335. The Morgan fingerprint density at radius 1 is 1.67 bits per heavy atom. The van der Waals surface area contributed by atoms with Crippen molar-refractivity contribution in [2.24, 2.45) is 5.92 Å². The normalized spacial score (nSPS) is 13.6. The summed E-state index contributed by atoms with van der Waals surface area (Å²) in [6.45, 7) is 9.37. The molecular weight excluding hydrogens is 176 g/mol. The molecule has 0 amide bonds.